The van der Waals surface area contributed by atoms with Crippen molar-refractivity contribution >= 4 is 23.4 Å². The van der Waals surface area contributed by atoms with Crippen LogP contribution in [0.2, 0.25) is 0 Å². The quantitative estimate of drug-likeness (QED) is 0.800. The molecule has 2 aromatic rings. The number of hydrogen-bond acceptors (Lipinski definition) is 3. The van der Waals surface area contributed by atoms with Gasteiger partial charge in [-0.3, -0.25) is 0 Å². The molecule has 0 aliphatic rings. The third kappa shape index (κ3) is 3.32. The summed E-state index contributed by atoms with van der Waals surface area (Å²) in [6.45, 7) is 1.91. The number of carboxylic acids is 1. The smallest absolute Gasteiger partial charge is 0.356 e. The van der Waals surface area contributed by atoms with Gasteiger partial charge in [-0.1, -0.05) is 12.1 Å². The number of anilines is 2. The average Bonchev–Trinajstić information content (AvgIpc) is 2.38. The van der Waals surface area contributed by atoms with E-state index in [0.717, 1.165) is 5.56 Å². The summed E-state index contributed by atoms with van der Waals surface area (Å²) in [5, 5.41) is 14.1. The fraction of sp³-hybridized carbons (Fsp3) is 0.0714. The van der Waals surface area contributed by atoms with Gasteiger partial charge in [-0.2, -0.15) is 0 Å². The zero-order valence-electron chi connectivity index (χ0n) is 10.8. The summed E-state index contributed by atoms with van der Waals surface area (Å²) < 4.78 is 0. The Kier molecular flexibility index (Phi) is 3.95. The molecule has 6 heteroatoms. The minimum absolute atomic E-state index is 0.144. The molecule has 0 aliphatic carbocycles. The SMILES string of the molecule is Cc1cccc(NC(=O)Nc2cccnc2C(=O)O)c1. The Morgan fingerprint density at radius 1 is 1.15 bits per heavy atom. The number of aryl methyl sites for hydroxylation is 1. The van der Waals surface area contributed by atoms with E-state index in [0.29, 0.717) is 5.69 Å². The van der Waals surface area contributed by atoms with Gasteiger partial charge in [0.2, 0.25) is 0 Å². The highest BCUT2D eigenvalue weighted by Gasteiger charge is 2.13. The Bertz CT molecular complexity index is 656. The molecule has 0 spiro atoms. The molecule has 0 aliphatic heterocycles. The molecule has 3 N–H and O–H groups in total. The molecule has 0 fully saturated rings. The second kappa shape index (κ2) is 5.83. The lowest BCUT2D eigenvalue weighted by Gasteiger charge is -2.09. The molecule has 6 nitrogen and oxygen atoms in total. The van der Waals surface area contributed by atoms with Crippen LogP contribution < -0.4 is 10.6 Å². The molecule has 0 radical (unpaired) electrons. The van der Waals surface area contributed by atoms with E-state index in [-0.39, 0.29) is 11.4 Å². The van der Waals surface area contributed by atoms with Gasteiger partial charge in [-0.25, -0.2) is 14.6 Å². The first-order chi connectivity index (χ1) is 9.56. The number of amides is 2. The number of hydrogen-bond donors (Lipinski definition) is 3. The number of nitrogens with one attached hydrogen (secondary N) is 2. The predicted molar refractivity (Wildman–Crippen MR) is 75.0 cm³/mol. The monoisotopic (exact) mass is 271 g/mol. The van der Waals surface area contributed by atoms with Crippen molar-refractivity contribution in [2.75, 3.05) is 10.6 Å². The maximum atomic E-state index is 11.8. The number of urea groups is 1. The number of aromatic nitrogens is 1. The van der Waals surface area contributed by atoms with Gasteiger partial charge in [0.05, 0.1) is 5.69 Å². The molecule has 0 unspecified atom stereocenters. The Morgan fingerprint density at radius 2 is 1.95 bits per heavy atom. The van der Waals surface area contributed by atoms with Gasteiger partial charge in [0.1, 0.15) is 0 Å². The van der Waals surface area contributed by atoms with E-state index in [4.69, 9.17) is 5.11 Å². The first-order valence-electron chi connectivity index (χ1n) is 5.89. The van der Waals surface area contributed by atoms with Crippen LogP contribution in [0.25, 0.3) is 0 Å². The molecular formula is C14H13N3O3. The summed E-state index contributed by atoms with van der Waals surface area (Å²) in [5.41, 5.74) is 1.58. The molecule has 2 rings (SSSR count). The molecule has 1 aromatic heterocycles. The normalized spacial score (nSPS) is 9.85. The summed E-state index contributed by atoms with van der Waals surface area (Å²) in [5.74, 6) is -1.20. The molecule has 102 valence electrons. The van der Waals surface area contributed by atoms with Crippen molar-refractivity contribution in [2.45, 2.75) is 6.92 Å². The second-order valence-corrected chi connectivity index (χ2v) is 4.15. The molecule has 0 saturated heterocycles. The molecule has 2 amide bonds. The van der Waals surface area contributed by atoms with Crippen molar-refractivity contribution < 1.29 is 14.7 Å². The summed E-state index contributed by atoms with van der Waals surface area (Å²) in [6.07, 6.45) is 1.35. The second-order valence-electron chi connectivity index (χ2n) is 4.15. The summed E-state index contributed by atoms with van der Waals surface area (Å²) in [6, 6.07) is 9.78. The number of carboxylic acid groups (broad SMARTS) is 1. The van der Waals surface area contributed by atoms with Gasteiger partial charge in [0.25, 0.3) is 0 Å². The Balaban J connectivity index is 2.11. The number of aromatic carboxylic acids is 1. The van der Waals surface area contributed by atoms with E-state index in [2.05, 4.69) is 15.6 Å². The van der Waals surface area contributed by atoms with Gasteiger partial charge < -0.3 is 15.7 Å². The summed E-state index contributed by atoms with van der Waals surface area (Å²) in [4.78, 5) is 26.5. The van der Waals surface area contributed by atoms with Gasteiger partial charge in [-0.05, 0) is 36.8 Å². The number of carbonyl (C=O) groups excluding carboxylic acids is 1. The molecule has 0 bridgehead atoms. The fourth-order valence-corrected chi connectivity index (χ4v) is 1.68. The minimum Gasteiger partial charge on any atom is -0.476 e. The molecule has 1 heterocycles. The molecule has 1 aromatic carbocycles. The third-order valence-electron chi connectivity index (χ3n) is 2.53. The van der Waals surface area contributed by atoms with Crippen molar-refractivity contribution in [3.8, 4) is 0 Å². The number of rotatable bonds is 3. The van der Waals surface area contributed by atoms with E-state index < -0.39 is 12.0 Å². The van der Waals surface area contributed by atoms with Gasteiger partial charge in [0, 0.05) is 11.9 Å². The van der Waals surface area contributed by atoms with Gasteiger partial charge >= 0.3 is 12.0 Å². The van der Waals surface area contributed by atoms with Gasteiger partial charge in [0.15, 0.2) is 5.69 Å². The van der Waals surface area contributed by atoms with Crippen molar-refractivity contribution in [1.82, 2.24) is 4.98 Å². The molecule has 0 atom stereocenters. The fourth-order valence-electron chi connectivity index (χ4n) is 1.68. The minimum atomic E-state index is -1.20. The number of nitrogens with zero attached hydrogens (tertiary/aromatic N) is 1. The van der Waals surface area contributed by atoms with Crippen LogP contribution in [0.1, 0.15) is 16.1 Å². The Morgan fingerprint density at radius 3 is 2.65 bits per heavy atom. The van der Waals surface area contributed by atoms with Crippen molar-refractivity contribution in [3.05, 3.63) is 53.9 Å². The highest BCUT2D eigenvalue weighted by atomic mass is 16.4. The van der Waals surface area contributed by atoms with Crippen LogP contribution in [-0.2, 0) is 0 Å². The molecule has 0 saturated carbocycles. The lowest BCUT2D eigenvalue weighted by molar-refractivity contribution is 0.0692. The van der Waals surface area contributed by atoms with Crippen molar-refractivity contribution in [1.29, 1.82) is 0 Å². The first-order valence-corrected chi connectivity index (χ1v) is 5.89. The van der Waals surface area contributed by atoms with E-state index in [1.54, 1.807) is 18.2 Å². The van der Waals surface area contributed by atoms with E-state index in [1.807, 2.05) is 19.1 Å². The first kappa shape index (κ1) is 13.5. The predicted octanol–water partition coefficient (Wildman–Crippen LogP) is 2.73. The lowest BCUT2D eigenvalue weighted by Crippen LogP contribution is -2.21. The maximum Gasteiger partial charge on any atom is 0.356 e. The number of benzene rings is 1. The highest BCUT2D eigenvalue weighted by molar-refractivity contribution is 6.03. The van der Waals surface area contributed by atoms with E-state index >= 15 is 0 Å². The van der Waals surface area contributed by atoms with Crippen molar-refractivity contribution in [2.24, 2.45) is 0 Å². The molecule has 20 heavy (non-hydrogen) atoms. The van der Waals surface area contributed by atoms with Crippen LogP contribution in [0.3, 0.4) is 0 Å². The highest BCUT2D eigenvalue weighted by Crippen LogP contribution is 2.14. The standard InChI is InChI=1S/C14H13N3O3/c1-9-4-2-5-10(8-9)16-14(20)17-11-6-3-7-15-12(11)13(18)19/h2-8H,1H3,(H,18,19)(H2,16,17,20). The van der Waals surface area contributed by atoms with Gasteiger partial charge in [-0.15, -0.1) is 0 Å². The average molecular weight is 271 g/mol. The zero-order valence-corrected chi connectivity index (χ0v) is 10.8. The largest absolute Gasteiger partial charge is 0.476 e. The summed E-state index contributed by atoms with van der Waals surface area (Å²) in [7, 11) is 0. The Hall–Kier alpha value is -2.89. The topological polar surface area (TPSA) is 91.3 Å². The zero-order chi connectivity index (χ0) is 14.5. The third-order valence-corrected chi connectivity index (χ3v) is 2.53. The van der Waals surface area contributed by atoms with Crippen LogP contribution in [0.4, 0.5) is 16.2 Å². The van der Waals surface area contributed by atoms with Crippen LogP contribution in [0.15, 0.2) is 42.6 Å². The molecular weight excluding hydrogens is 258 g/mol. The van der Waals surface area contributed by atoms with Crippen LogP contribution in [0, 0.1) is 6.92 Å². The van der Waals surface area contributed by atoms with Crippen LogP contribution >= 0.6 is 0 Å². The van der Waals surface area contributed by atoms with E-state index in [1.165, 1.54) is 12.3 Å². The Labute approximate surface area is 115 Å². The van der Waals surface area contributed by atoms with E-state index in [9.17, 15) is 9.59 Å². The van der Waals surface area contributed by atoms with Crippen LogP contribution in [-0.4, -0.2) is 22.1 Å². The summed E-state index contributed by atoms with van der Waals surface area (Å²) >= 11 is 0. The van der Waals surface area contributed by atoms with Crippen molar-refractivity contribution in [3.63, 3.8) is 0 Å². The lowest BCUT2D eigenvalue weighted by atomic mass is 10.2. The number of carbonyl (C=O) groups is 2. The van der Waals surface area contributed by atoms with Crippen LogP contribution in [0.5, 0.6) is 0 Å². The maximum absolute atomic E-state index is 11.8. The number of pyridine rings is 1.